The Hall–Kier alpha value is -2.22. The average Bonchev–Trinajstić information content (AvgIpc) is 2.53. The molecular weight excluding hydrogens is 324 g/mol. The lowest BCUT2D eigenvalue weighted by Gasteiger charge is -2.42. The number of nitrogens with zero attached hydrogens (tertiary/aromatic N) is 3. The summed E-state index contributed by atoms with van der Waals surface area (Å²) in [6, 6.07) is 3.39. The second-order valence-electron chi connectivity index (χ2n) is 7.62. The fraction of sp³-hybridized carbons (Fsp3) is 0.647. The van der Waals surface area contributed by atoms with Crippen molar-refractivity contribution < 1.29 is 14.3 Å². The molecule has 0 aromatic carbocycles. The normalized spacial score (nSPS) is 18.6. The average molecular weight is 350 g/mol. The zero-order valence-corrected chi connectivity index (χ0v) is 15.4. The fourth-order valence-electron chi connectivity index (χ4n) is 2.59. The molecule has 1 aliphatic rings. The van der Waals surface area contributed by atoms with Crippen LogP contribution in [-0.4, -0.2) is 48.0 Å². The standard InChI is InChI=1S/C17H26N4O4/c1-16(2,3)25-15(22)19-17(4,5)13-11-21(8-9-24-13)12-6-7-14(20-23)18-10-12/h6-7,10,13H,8-9,11H2,1-5H3,(H,19,22). The fourth-order valence-corrected chi connectivity index (χ4v) is 2.59. The summed E-state index contributed by atoms with van der Waals surface area (Å²) in [5.41, 5.74) is -0.285. The smallest absolute Gasteiger partial charge is 0.408 e. The van der Waals surface area contributed by atoms with E-state index in [0.29, 0.717) is 19.7 Å². The summed E-state index contributed by atoms with van der Waals surface area (Å²) in [6.45, 7) is 11.1. The Morgan fingerprint density at radius 3 is 2.64 bits per heavy atom. The van der Waals surface area contributed by atoms with Gasteiger partial charge in [-0.15, -0.1) is 4.91 Å². The van der Waals surface area contributed by atoms with E-state index in [1.807, 2.05) is 34.6 Å². The number of pyridine rings is 1. The van der Waals surface area contributed by atoms with Gasteiger partial charge in [0.05, 0.1) is 30.1 Å². The number of hydrogen-bond acceptors (Lipinski definition) is 7. The lowest BCUT2D eigenvalue weighted by molar-refractivity contribution is -0.0189. The van der Waals surface area contributed by atoms with E-state index >= 15 is 0 Å². The predicted molar refractivity (Wildman–Crippen MR) is 95.1 cm³/mol. The molecule has 2 rings (SSSR count). The van der Waals surface area contributed by atoms with Crippen LogP contribution in [0.3, 0.4) is 0 Å². The number of rotatable bonds is 4. The van der Waals surface area contributed by atoms with Crippen LogP contribution < -0.4 is 10.2 Å². The number of nitroso groups, excluding NO2 is 1. The van der Waals surface area contributed by atoms with Crippen LogP contribution in [0.5, 0.6) is 0 Å². The summed E-state index contributed by atoms with van der Waals surface area (Å²) in [4.78, 5) is 28.7. The van der Waals surface area contributed by atoms with Crippen molar-refractivity contribution in [1.29, 1.82) is 0 Å². The largest absolute Gasteiger partial charge is 0.444 e. The summed E-state index contributed by atoms with van der Waals surface area (Å²) in [5.74, 6) is 0.153. The molecule has 1 N–H and O–H groups in total. The highest BCUT2D eigenvalue weighted by Gasteiger charge is 2.37. The van der Waals surface area contributed by atoms with Crippen LogP contribution in [0.25, 0.3) is 0 Å². The molecule has 0 spiro atoms. The van der Waals surface area contributed by atoms with Gasteiger partial charge in [0.25, 0.3) is 0 Å². The van der Waals surface area contributed by atoms with Gasteiger partial charge in [0.2, 0.25) is 0 Å². The van der Waals surface area contributed by atoms with E-state index in [1.54, 1.807) is 18.3 Å². The number of carbonyl (C=O) groups is 1. The number of anilines is 1. The predicted octanol–water partition coefficient (Wildman–Crippen LogP) is 2.99. The van der Waals surface area contributed by atoms with Crippen molar-refractivity contribution in [2.45, 2.75) is 51.9 Å². The van der Waals surface area contributed by atoms with Gasteiger partial charge >= 0.3 is 6.09 Å². The third-order valence-electron chi connectivity index (χ3n) is 3.89. The Bertz CT molecular complexity index is 610. The third kappa shape index (κ3) is 5.38. The zero-order valence-electron chi connectivity index (χ0n) is 15.4. The van der Waals surface area contributed by atoms with Gasteiger partial charge in [0.1, 0.15) is 5.60 Å². The maximum Gasteiger partial charge on any atom is 0.408 e. The third-order valence-corrected chi connectivity index (χ3v) is 3.89. The van der Waals surface area contributed by atoms with Gasteiger partial charge in [0, 0.05) is 13.1 Å². The number of carbonyl (C=O) groups excluding carboxylic acids is 1. The van der Waals surface area contributed by atoms with Crippen molar-refractivity contribution in [3.8, 4) is 0 Å². The van der Waals surface area contributed by atoms with Crippen LogP contribution in [0.2, 0.25) is 0 Å². The number of aromatic nitrogens is 1. The Morgan fingerprint density at radius 1 is 1.36 bits per heavy atom. The van der Waals surface area contributed by atoms with Crippen molar-refractivity contribution in [2.24, 2.45) is 5.18 Å². The molecule has 2 heterocycles. The quantitative estimate of drug-likeness (QED) is 0.839. The molecule has 1 aromatic heterocycles. The first kappa shape index (κ1) is 19.1. The molecule has 0 aliphatic carbocycles. The maximum atomic E-state index is 12.1. The van der Waals surface area contributed by atoms with Crippen LogP contribution in [0.15, 0.2) is 23.5 Å². The lowest BCUT2D eigenvalue weighted by Crippen LogP contribution is -2.60. The topological polar surface area (TPSA) is 93.1 Å². The van der Waals surface area contributed by atoms with Gasteiger partial charge in [-0.3, -0.25) is 0 Å². The van der Waals surface area contributed by atoms with Crippen molar-refractivity contribution >= 4 is 17.6 Å². The minimum atomic E-state index is -0.612. The molecular formula is C17H26N4O4. The monoisotopic (exact) mass is 350 g/mol. The molecule has 0 bridgehead atoms. The first-order valence-corrected chi connectivity index (χ1v) is 8.28. The van der Waals surface area contributed by atoms with E-state index in [1.165, 1.54) is 0 Å². The van der Waals surface area contributed by atoms with Gasteiger partial charge in [0.15, 0.2) is 5.82 Å². The van der Waals surface area contributed by atoms with Gasteiger partial charge in [-0.25, -0.2) is 9.78 Å². The summed E-state index contributed by atoms with van der Waals surface area (Å²) < 4.78 is 11.2. The zero-order chi connectivity index (χ0) is 18.7. The van der Waals surface area contributed by atoms with Crippen LogP contribution >= 0.6 is 0 Å². The molecule has 8 nitrogen and oxygen atoms in total. The van der Waals surface area contributed by atoms with Gasteiger partial charge in [-0.1, -0.05) is 0 Å². The Balaban J connectivity index is 2.03. The molecule has 1 unspecified atom stereocenters. The minimum absolute atomic E-state index is 0.153. The van der Waals surface area contributed by atoms with Gasteiger partial charge in [-0.05, 0) is 51.9 Å². The summed E-state index contributed by atoms with van der Waals surface area (Å²) in [6.07, 6.45) is 0.923. The van der Waals surface area contributed by atoms with Gasteiger partial charge in [-0.2, -0.15) is 0 Å². The highest BCUT2D eigenvalue weighted by Crippen LogP contribution is 2.24. The maximum absolute atomic E-state index is 12.1. The lowest BCUT2D eigenvalue weighted by atomic mass is 9.95. The summed E-state index contributed by atoms with van der Waals surface area (Å²) in [7, 11) is 0. The second-order valence-corrected chi connectivity index (χ2v) is 7.62. The van der Waals surface area contributed by atoms with Crippen LogP contribution in [0.1, 0.15) is 34.6 Å². The summed E-state index contributed by atoms with van der Waals surface area (Å²) in [5, 5.41) is 5.70. The van der Waals surface area contributed by atoms with Crippen LogP contribution in [0, 0.1) is 4.91 Å². The molecule has 1 amide bonds. The highest BCUT2D eigenvalue weighted by molar-refractivity contribution is 5.68. The SMILES string of the molecule is CC(C)(C)OC(=O)NC(C)(C)C1CN(c2ccc(N=O)nc2)CCO1. The minimum Gasteiger partial charge on any atom is -0.444 e. The first-order chi connectivity index (χ1) is 11.6. The van der Waals surface area contributed by atoms with E-state index in [-0.39, 0.29) is 11.9 Å². The number of amides is 1. The van der Waals surface area contributed by atoms with Crippen LogP contribution in [-0.2, 0) is 9.47 Å². The Morgan fingerprint density at radius 2 is 2.08 bits per heavy atom. The number of morpholine rings is 1. The molecule has 0 saturated carbocycles. The summed E-state index contributed by atoms with van der Waals surface area (Å²) >= 11 is 0. The highest BCUT2D eigenvalue weighted by atomic mass is 16.6. The van der Waals surface area contributed by atoms with Crippen LogP contribution in [0.4, 0.5) is 16.3 Å². The number of alkyl carbamates (subject to hydrolysis) is 1. The second kappa shape index (κ2) is 7.35. The van der Waals surface area contributed by atoms with Crippen molar-refractivity contribution in [2.75, 3.05) is 24.6 Å². The molecule has 1 aliphatic heterocycles. The van der Waals surface area contributed by atoms with Gasteiger partial charge < -0.3 is 19.7 Å². The number of hydrogen-bond donors (Lipinski definition) is 1. The van der Waals surface area contributed by atoms with E-state index < -0.39 is 17.2 Å². The van der Waals surface area contributed by atoms with E-state index in [0.717, 1.165) is 5.69 Å². The molecule has 1 fully saturated rings. The molecule has 1 atom stereocenters. The molecule has 8 heteroatoms. The molecule has 138 valence electrons. The Labute approximate surface area is 147 Å². The molecule has 0 radical (unpaired) electrons. The van der Waals surface area contributed by atoms with E-state index in [9.17, 15) is 9.70 Å². The van der Waals surface area contributed by atoms with E-state index in [4.69, 9.17) is 9.47 Å². The molecule has 1 aromatic rings. The van der Waals surface area contributed by atoms with E-state index in [2.05, 4.69) is 20.4 Å². The van der Waals surface area contributed by atoms with Crippen molar-refractivity contribution in [1.82, 2.24) is 10.3 Å². The molecule has 1 saturated heterocycles. The Kier molecular flexibility index (Phi) is 5.62. The molecule has 25 heavy (non-hydrogen) atoms. The van der Waals surface area contributed by atoms with Crippen molar-refractivity contribution in [3.05, 3.63) is 23.2 Å². The number of nitrogens with one attached hydrogen (secondary N) is 1. The number of ether oxygens (including phenoxy) is 2. The first-order valence-electron chi connectivity index (χ1n) is 8.28. The van der Waals surface area contributed by atoms with Crippen molar-refractivity contribution in [3.63, 3.8) is 0 Å².